The van der Waals surface area contributed by atoms with Crippen LogP contribution < -0.4 is 5.32 Å². The lowest BCUT2D eigenvalue weighted by atomic mass is 10.3. The molecule has 0 spiro atoms. The van der Waals surface area contributed by atoms with Crippen molar-refractivity contribution in [3.8, 4) is 6.07 Å². The highest BCUT2D eigenvalue weighted by molar-refractivity contribution is 7.10. The molecule has 5 nitrogen and oxygen atoms in total. The Kier molecular flexibility index (Phi) is 4.10. The monoisotopic (exact) mass is 258 g/mol. The van der Waals surface area contributed by atoms with Crippen LogP contribution in [0.4, 0.5) is 5.00 Å². The third kappa shape index (κ3) is 2.62. The molecular weight excluding hydrogens is 248 g/mol. The number of amides is 1. The van der Waals surface area contributed by atoms with E-state index in [1.54, 1.807) is 21.0 Å². The molecule has 0 saturated carbocycles. The molecule has 1 aromatic rings. The predicted octanol–water partition coefficient (Wildman–Crippen LogP) is 1.56. The van der Waals surface area contributed by atoms with Gasteiger partial charge in [-0.05, 0) is 18.5 Å². The second-order valence-electron chi connectivity index (χ2n) is 3.39. The van der Waals surface area contributed by atoms with Gasteiger partial charge in [0.05, 0.1) is 0 Å². The molecule has 86 valence electrons. The molecule has 0 bridgehead atoms. The zero-order valence-electron chi connectivity index (χ0n) is 9.11. The van der Waals surface area contributed by atoms with Crippen LogP contribution in [0.3, 0.4) is 0 Å². The van der Waals surface area contributed by atoms with E-state index in [0.717, 1.165) is 11.5 Å². The summed E-state index contributed by atoms with van der Waals surface area (Å²) in [4.78, 5) is 13.1. The summed E-state index contributed by atoms with van der Waals surface area (Å²) in [6, 6.07) is 1.53. The van der Waals surface area contributed by atoms with Gasteiger partial charge in [0.15, 0.2) is 5.15 Å². The molecule has 0 aliphatic rings. The van der Waals surface area contributed by atoms with Crippen molar-refractivity contribution >= 4 is 34.0 Å². The fourth-order valence-electron chi connectivity index (χ4n) is 1.11. The Labute approximate surface area is 103 Å². The molecule has 0 saturated heterocycles. The van der Waals surface area contributed by atoms with E-state index < -0.39 is 6.04 Å². The number of nitrogens with zero attached hydrogens (tertiary/aromatic N) is 3. The Morgan fingerprint density at radius 1 is 1.69 bits per heavy atom. The Bertz CT molecular complexity index is 437. The van der Waals surface area contributed by atoms with E-state index in [1.165, 1.54) is 4.90 Å². The number of carbonyl (C=O) groups excluding carboxylic acids is 1. The summed E-state index contributed by atoms with van der Waals surface area (Å²) in [5, 5.41) is 12.5. The van der Waals surface area contributed by atoms with E-state index in [2.05, 4.69) is 9.69 Å². The molecule has 1 amide bonds. The lowest BCUT2D eigenvalue weighted by Gasteiger charge is -2.17. The van der Waals surface area contributed by atoms with E-state index in [9.17, 15) is 4.79 Å². The number of nitrogens with one attached hydrogen (secondary N) is 1. The van der Waals surface area contributed by atoms with Gasteiger partial charge in [-0.2, -0.15) is 9.64 Å². The molecule has 1 atom stereocenters. The number of hydrogen-bond acceptors (Lipinski definition) is 5. The Balaban J connectivity index is 2.82. The van der Waals surface area contributed by atoms with Gasteiger partial charge in [0.2, 0.25) is 5.91 Å². The number of hydrogen-bond donors (Lipinski definition) is 1. The predicted molar refractivity (Wildman–Crippen MR) is 63.6 cm³/mol. The van der Waals surface area contributed by atoms with E-state index in [4.69, 9.17) is 16.9 Å². The average Bonchev–Trinajstić information content (AvgIpc) is 2.57. The Hall–Kier alpha value is -1.32. The van der Waals surface area contributed by atoms with Gasteiger partial charge in [-0.1, -0.05) is 11.6 Å². The molecule has 0 unspecified atom stereocenters. The lowest BCUT2D eigenvalue weighted by Crippen LogP contribution is -2.36. The summed E-state index contributed by atoms with van der Waals surface area (Å²) in [6.07, 6.45) is 0. The topological polar surface area (TPSA) is 69.0 Å². The summed E-state index contributed by atoms with van der Waals surface area (Å²) < 4.78 is 3.84. The first kappa shape index (κ1) is 12.7. The number of rotatable bonds is 3. The average molecular weight is 259 g/mol. The van der Waals surface area contributed by atoms with Crippen molar-refractivity contribution in [3.63, 3.8) is 0 Å². The molecule has 0 radical (unpaired) electrons. The quantitative estimate of drug-likeness (QED) is 0.893. The van der Waals surface area contributed by atoms with Crippen LogP contribution in [0.5, 0.6) is 0 Å². The maximum Gasteiger partial charge on any atom is 0.244 e. The smallest absolute Gasteiger partial charge is 0.244 e. The van der Waals surface area contributed by atoms with Crippen molar-refractivity contribution < 1.29 is 4.79 Å². The number of likely N-dealkylation sites (N-methyl/N-ethyl adjacent to an activating group) is 1. The van der Waals surface area contributed by atoms with Crippen molar-refractivity contribution in [1.29, 1.82) is 5.26 Å². The minimum atomic E-state index is -0.418. The minimum absolute atomic E-state index is 0.0755. The molecule has 0 aliphatic carbocycles. The highest BCUT2D eigenvalue weighted by Gasteiger charge is 2.19. The molecule has 16 heavy (non-hydrogen) atoms. The van der Waals surface area contributed by atoms with Crippen LogP contribution in [0.15, 0.2) is 0 Å². The second-order valence-corrected chi connectivity index (χ2v) is 4.52. The highest BCUT2D eigenvalue weighted by atomic mass is 35.5. The third-order valence-electron chi connectivity index (χ3n) is 1.92. The summed E-state index contributed by atoms with van der Waals surface area (Å²) in [5.41, 5.74) is 0.282. The van der Waals surface area contributed by atoms with Crippen molar-refractivity contribution in [2.75, 3.05) is 19.4 Å². The van der Waals surface area contributed by atoms with Gasteiger partial charge in [-0.3, -0.25) is 4.79 Å². The van der Waals surface area contributed by atoms with Gasteiger partial charge in [0, 0.05) is 14.1 Å². The van der Waals surface area contributed by atoms with Gasteiger partial charge in [-0.15, -0.1) is 0 Å². The van der Waals surface area contributed by atoms with Crippen LogP contribution in [0.1, 0.15) is 12.5 Å². The summed E-state index contributed by atoms with van der Waals surface area (Å²) in [7, 11) is 3.34. The minimum Gasteiger partial charge on any atom is -0.363 e. The first-order valence-electron chi connectivity index (χ1n) is 4.50. The normalized spacial score (nSPS) is 11.7. The number of anilines is 1. The molecule has 1 heterocycles. The van der Waals surface area contributed by atoms with Gasteiger partial charge >= 0.3 is 0 Å². The zero-order valence-corrected chi connectivity index (χ0v) is 10.7. The van der Waals surface area contributed by atoms with Crippen LogP contribution >= 0.6 is 23.1 Å². The van der Waals surface area contributed by atoms with E-state index in [0.29, 0.717) is 5.00 Å². The molecular formula is C9H11ClN4OS. The molecule has 0 aliphatic heterocycles. The van der Waals surface area contributed by atoms with Crippen LogP contribution in [0.2, 0.25) is 5.15 Å². The summed E-state index contributed by atoms with van der Waals surface area (Å²) in [6.45, 7) is 1.72. The lowest BCUT2D eigenvalue weighted by molar-refractivity contribution is -0.129. The number of carbonyl (C=O) groups is 1. The molecule has 0 fully saturated rings. The van der Waals surface area contributed by atoms with E-state index in [1.807, 2.05) is 6.07 Å². The zero-order chi connectivity index (χ0) is 12.3. The summed E-state index contributed by atoms with van der Waals surface area (Å²) >= 11 is 6.78. The maximum absolute atomic E-state index is 11.6. The molecule has 0 aromatic carbocycles. The Morgan fingerprint density at radius 3 is 2.81 bits per heavy atom. The van der Waals surface area contributed by atoms with Crippen LogP contribution in [0.25, 0.3) is 0 Å². The largest absolute Gasteiger partial charge is 0.363 e. The fourth-order valence-corrected chi connectivity index (χ4v) is 2.13. The van der Waals surface area contributed by atoms with Gasteiger partial charge in [0.1, 0.15) is 22.7 Å². The number of nitriles is 1. The molecule has 1 rings (SSSR count). The first-order valence-corrected chi connectivity index (χ1v) is 5.65. The fraction of sp³-hybridized carbons (Fsp3) is 0.444. The van der Waals surface area contributed by atoms with Crippen molar-refractivity contribution in [2.24, 2.45) is 0 Å². The highest BCUT2D eigenvalue weighted by Crippen LogP contribution is 2.28. The first-order chi connectivity index (χ1) is 7.47. The van der Waals surface area contributed by atoms with Crippen molar-refractivity contribution in [3.05, 3.63) is 10.7 Å². The van der Waals surface area contributed by atoms with Gasteiger partial charge < -0.3 is 10.2 Å². The summed E-state index contributed by atoms with van der Waals surface area (Å²) in [5.74, 6) is -0.0755. The molecule has 1 N–H and O–H groups in total. The van der Waals surface area contributed by atoms with E-state index in [-0.39, 0.29) is 16.6 Å². The SMILES string of the molecule is C[C@H](Nc1snc(Cl)c1C#N)C(=O)N(C)C. The second kappa shape index (κ2) is 5.14. The third-order valence-corrected chi connectivity index (χ3v) is 3.07. The van der Waals surface area contributed by atoms with Crippen LogP contribution in [-0.2, 0) is 4.79 Å². The van der Waals surface area contributed by atoms with Crippen LogP contribution in [0, 0.1) is 11.3 Å². The van der Waals surface area contributed by atoms with E-state index >= 15 is 0 Å². The Morgan fingerprint density at radius 2 is 2.31 bits per heavy atom. The standard InChI is InChI=1S/C9H11ClN4OS/c1-5(9(15)14(2)3)12-8-6(4-11)7(10)13-16-8/h5,12H,1-3H3/t5-/m0/s1. The van der Waals surface area contributed by atoms with Gasteiger partial charge in [0.25, 0.3) is 0 Å². The number of halogens is 1. The molecule has 7 heteroatoms. The number of aromatic nitrogens is 1. The molecule has 1 aromatic heterocycles. The van der Waals surface area contributed by atoms with Crippen molar-refractivity contribution in [2.45, 2.75) is 13.0 Å². The van der Waals surface area contributed by atoms with Crippen LogP contribution in [-0.4, -0.2) is 35.3 Å². The van der Waals surface area contributed by atoms with Gasteiger partial charge in [-0.25, -0.2) is 0 Å². The van der Waals surface area contributed by atoms with Crippen molar-refractivity contribution in [1.82, 2.24) is 9.27 Å². The maximum atomic E-state index is 11.6.